The van der Waals surface area contributed by atoms with Crippen LogP contribution in [-0.2, 0) is 17.8 Å². The molecule has 0 unspecified atom stereocenters. The molecule has 4 N–H and O–H groups in total. The third-order valence-corrected chi connectivity index (χ3v) is 4.03. The molecule has 6 heteroatoms. The van der Waals surface area contributed by atoms with Crippen LogP contribution >= 0.6 is 12.4 Å². The van der Waals surface area contributed by atoms with Gasteiger partial charge in [0.1, 0.15) is 0 Å². The minimum Gasteiger partial charge on any atom is -0.399 e. The summed E-state index contributed by atoms with van der Waals surface area (Å²) in [5, 5.41) is 5.81. The van der Waals surface area contributed by atoms with Crippen LogP contribution in [0.15, 0.2) is 48.5 Å². The van der Waals surface area contributed by atoms with Gasteiger partial charge in [-0.2, -0.15) is 0 Å². The average molecular weight is 390 g/mol. The van der Waals surface area contributed by atoms with Crippen LogP contribution in [0.25, 0.3) is 0 Å². The van der Waals surface area contributed by atoms with Crippen LogP contribution in [0.3, 0.4) is 0 Å². The highest BCUT2D eigenvalue weighted by Crippen LogP contribution is 2.13. The van der Waals surface area contributed by atoms with Crippen LogP contribution in [0, 0.1) is 5.41 Å². The second-order valence-electron chi connectivity index (χ2n) is 7.38. The second kappa shape index (κ2) is 9.97. The number of anilines is 1. The van der Waals surface area contributed by atoms with Gasteiger partial charge < -0.3 is 16.4 Å². The molecule has 0 atom stereocenters. The van der Waals surface area contributed by atoms with Crippen LogP contribution < -0.4 is 16.4 Å². The van der Waals surface area contributed by atoms with Crippen molar-refractivity contribution >= 4 is 29.9 Å². The van der Waals surface area contributed by atoms with Gasteiger partial charge in [0, 0.05) is 29.8 Å². The SMILES string of the molecule is CC(C)(C)C(=O)NCc1ccc(C(=O)NCCc2ccc(N)cc2)cc1.Cl. The Morgan fingerprint density at radius 3 is 2.00 bits per heavy atom. The summed E-state index contributed by atoms with van der Waals surface area (Å²) in [7, 11) is 0. The van der Waals surface area contributed by atoms with Gasteiger partial charge in [-0.1, -0.05) is 45.0 Å². The average Bonchev–Trinajstić information content (AvgIpc) is 2.61. The number of nitrogens with one attached hydrogen (secondary N) is 2. The maximum Gasteiger partial charge on any atom is 0.251 e. The third kappa shape index (κ3) is 7.31. The molecule has 5 nitrogen and oxygen atoms in total. The van der Waals surface area contributed by atoms with Gasteiger partial charge in [-0.15, -0.1) is 12.4 Å². The smallest absolute Gasteiger partial charge is 0.251 e. The summed E-state index contributed by atoms with van der Waals surface area (Å²) < 4.78 is 0. The summed E-state index contributed by atoms with van der Waals surface area (Å²) in [5.41, 5.74) is 8.67. The molecule has 0 heterocycles. The van der Waals surface area contributed by atoms with Gasteiger partial charge in [0.05, 0.1) is 0 Å². The molecule has 146 valence electrons. The first-order valence-corrected chi connectivity index (χ1v) is 8.75. The minimum atomic E-state index is -0.412. The van der Waals surface area contributed by atoms with Crippen molar-refractivity contribution in [2.75, 3.05) is 12.3 Å². The van der Waals surface area contributed by atoms with Crippen molar-refractivity contribution < 1.29 is 9.59 Å². The first-order chi connectivity index (χ1) is 12.3. The van der Waals surface area contributed by atoms with Crippen molar-refractivity contribution in [1.29, 1.82) is 0 Å². The number of hydrogen-bond acceptors (Lipinski definition) is 3. The third-order valence-electron chi connectivity index (χ3n) is 4.03. The Morgan fingerprint density at radius 1 is 0.889 bits per heavy atom. The fourth-order valence-electron chi connectivity index (χ4n) is 2.33. The van der Waals surface area contributed by atoms with Crippen LogP contribution in [0.5, 0.6) is 0 Å². The molecule has 27 heavy (non-hydrogen) atoms. The fourth-order valence-corrected chi connectivity index (χ4v) is 2.33. The largest absolute Gasteiger partial charge is 0.399 e. The Balaban J connectivity index is 0.00000364. The van der Waals surface area contributed by atoms with Crippen LogP contribution in [0.4, 0.5) is 5.69 Å². The Kier molecular flexibility index (Phi) is 8.32. The predicted octanol–water partition coefficient (Wildman–Crippen LogP) is 3.33. The number of nitrogen functional groups attached to an aromatic ring is 1. The van der Waals surface area contributed by atoms with Crippen molar-refractivity contribution in [1.82, 2.24) is 10.6 Å². The Bertz CT molecular complexity index is 750. The number of carbonyl (C=O) groups excluding carboxylic acids is 2. The van der Waals surface area contributed by atoms with Crippen molar-refractivity contribution in [2.45, 2.75) is 33.7 Å². The molecule has 0 aliphatic carbocycles. The molecule has 2 aromatic rings. The van der Waals surface area contributed by atoms with E-state index in [9.17, 15) is 9.59 Å². The number of nitrogens with two attached hydrogens (primary N) is 1. The number of halogens is 1. The van der Waals surface area contributed by atoms with Crippen LogP contribution in [-0.4, -0.2) is 18.4 Å². The number of rotatable bonds is 6. The summed E-state index contributed by atoms with van der Waals surface area (Å²) >= 11 is 0. The standard InChI is InChI=1S/C21H27N3O2.ClH/c1-21(2,3)20(26)24-14-16-4-8-17(9-5-16)19(25)23-13-12-15-6-10-18(22)11-7-15;/h4-11H,12-14,22H2,1-3H3,(H,23,25)(H,24,26);1H. The molecule has 0 saturated carbocycles. The van der Waals surface area contributed by atoms with E-state index >= 15 is 0 Å². The number of amides is 2. The Hall–Kier alpha value is -2.53. The lowest BCUT2D eigenvalue weighted by Crippen LogP contribution is -2.34. The topological polar surface area (TPSA) is 84.2 Å². The van der Waals surface area contributed by atoms with E-state index in [4.69, 9.17) is 5.73 Å². The monoisotopic (exact) mass is 389 g/mol. The minimum absolute atomic E-state index is 0. The summed E-state index contributed by atoms with van der Waals surface area (Å²) in [6, 6.07) is 14.9. The second-order valence-corrected chi connectivity index (χ2v) is 7.38. The molecule has 0 radical (unpaired) electrons. The predicted molar refractivity (Wildman–Crippen MR) is 112 cm³/mol. The first kappa shape index (κ1) is 22.5. The maximum atomic E-state index is 12.2. The van der Waals surface area contributed by atoms with Gasteiger partial charge in [-0.3, -0.25) is 9.59 Å². The van der Waals surface area contributed by atoms with E-state index in [0.717, 1.165) is 23.2 Å². The molecule has 0 fully saturated rings. The number of hydrogen-bond donors (Lipinski definition) is 3. The lowest BCUT2D eigenvalue weighted by molar-refractivity contribution is -0.128. The molecule has 0 spiro atoms. The summed E-state index contributed by atoms with van der Waals surface area (Å²) in [6.45, 7) is 6.64. The summed E-state index contributed by atoms with van der Waals surface area (Å²) in [4.78, 5) is 24.1. The molecule has 0 saturated heterocycles. The van der Waals surface area contributed by atoms with Gasteiger partial charge in [-0.25, -0.2) is 0 Å². The quantitative estimate of drug-likeness (QED) is 0.662. The molecule has 0 bridgehead atoms. The number of benzene rings is 2. The Morgan fingerprint density at radius 2 is 1.44 bits per heavy atom. The van der Waals surface area contributed by atoms with Crippen molar-refractivity contribution in [3.8, 4) is 0 Å². The molecule has 0 aliphatic heterocycles. The highest BCUT2D eigenvalue weighted by Gasteiger charge is 2.20. The molecule has 2 amide bonds. The summed E-state index contributed by atoms with van der Waals surface area (Å²) in [5.74, 6) is -0.104. The van der Waals surface area contributed by atoms with E-state index in [-0.39, 0.29) is 24.2 Å². The molecule has 0 aliphatic rings. The van der Waals surface area contributed by atoms with E-state index in [1.54, 1.807) is 12.1 Å². The normalized spacial score (nSPS) is 10.6. The number of carbonyl (C=O) groups is 2. The zero-order valence-corrected chi connectivity index (χ0v) is 16.9. The van der Waals surface area contributed by atoms with Gasteiger partial charge >= 0.3 is 0 Å². The van der Waals surface area contributed by atoms with Crippen molar-refractivity contribution in [2.24, 2.45) is 5.41 Å². The molecule has 0 aromatic heterocycles. The van der Waals surface area contributed by atoms with E-state index in [1.807, 2.05) is 57.2 Å². The van der Waals surface area contributed by atoms with Gasteiger partial charge in [0.2, 0.25) is 5.91 Å². The van der Waals surface area contributed by atoms with Crippen LogP contribution in [0.2, 0.25) is 0 Å². The lowest BCUT2D eigenvalue weighted by Gasteiger charge is -2.17. The van der Waals surface area contributed by atoms with E-state index in [0.29, 0.717) is 18.7 Å². The lowest BCUT2D eigenvalue weighted by atomic mass is 9.95. The fraction of sp³-hybridized carbons (Fsp3) is 0.333. The van der Waals surface area contributed by atoms with Gasteiger partial charge in [0.25, 0.3) is 5.91 Å². The van der Waals surface area contributed by atoms with E-state index in [1.165, 1.54) is 0 Å². The van der Waals surface area contributed by atoms with Gasteiger partial charge in [0.15, 0.2) is 0 Å². The van der Waals surface area contributed by atoms with E-state index in [2.05, 4.69) is 10.6 Å². The highest BCUT2D eigenvalue weighted by atomic mass is 35.5. The molecule has 2 aromatic carbocycles. The zero-order chi connectivity index (χ0) is 19.2. The Labute approximate surface area is 167 Å². The van der Waals surface area contributed by atoms with Crippen molar-refractivity contribution in [3.63, 3.8) is 0 Å². The van der Waals surface area contributed by atoms with Crippen LogP contribution in [0.1, 0.15) is 42.3 Å². The maximum absolute atomic E-state index is 12.2. The zero-order valence-electron chi connectivity index (χ0n) is 16.0. The molecular formula is C21H28ClN3O2. The van der Waals surface area contributed by atoms with Gasteiger partial charge in [-0.05, 0) is 41.8 Å². The summed E-state index contributed by atoms with van der Waals surface area (Å²) in [6.07, 6.45) is 0.753. The highest BCUT2D eigenvalue weighted by molar-refractivity contribution is 5.94. The first-order valence-electron chi connectivity index (χ1n) is 8.75. The van der Waals surface area contributed by atoms with Crippen molar-refractivity contribution in [3.05, 3.63) is 65.2 Å². The molecule has 2 rings (SSSR count). The van der Waals surface area contributed by atoms with E-state index < -0.39 is 5.41 Å². The molecular weight excluding hydrogens is 362 g/mol.